The molecule has 4 aromatic heterocycles. The number of hydrogen-bond acceptors (Lipinski definition) is 9. The van der Waals surface area contributed by atoms with Crippen LogP contribution in [0.25, 0.3) is 11.4 Å². The Labute approximate surface area is 182 Å². The van der Waals surface area contributed by atoms with E-state index in [1.54, 1.807) is 6.20 Å². The molecule has 1 aliphatic heterocycles. The number of aryl methyl sites for hydroxylation is 1. The van der Waals surface area contributed by atoms with Gasteiger partial charge in [0.25, 0.3) is 0 Å². The van der Waals surface area contributed by atoms with E-state index in [1.165, 1.54) is 6.20 Å². The van der Waals surface area contributed by atoms with Crippen LogP contribution in [0.1, 0.15) is 23.9 Å². The largest absolute Gasteiger partial charge is 0.391 e. The van der Waals surface area contributed by atoms with Crippen LogP contribution in [0.15, 0.2) is 47.2 Å². The molecule has 0 saturated carbocycles. The van der Waals surface area contributed by atoms with E-state index in [2.05, 4.69) is 35.6 Å². The molecule has 31 heavy (non-hydrogen) atoms. The number of nitrogens with zero attached hydrogens (tertiary/aromatic N) is 6. The van der Waals surface area contributed by atoms with Gasteiger partial charge < -0.3 is 19.8 Å². The lowest BCUT2D eigenvalue weighted by Crippen LogP contribution is -2.26. The molecule has 11 heteroatoms. The Bertz CT molecular complexity index is 1190. The number of anilines is 3. The number of hydrogen-bond donors (Lipinski definition) is 3. The van der Waals surface area contributed by atoms with Crippen molar-refractivity contribution in [2.45, 2.75) is 25.5 Å². The fraction of sp³-hybridized carbons (Fsp3) is 0.250. The normalized spacial score (nSPS) is 18.5. The maximum Gasteiger partial charge on any atom is 0.228 e. The van der Waals surface area contributed by atoms with Gasteiger partial charge >= 0.3 is 0 Å². The van der Waals surface area contributed by atoms with E-state index in [9.17, 15) is 5.11 Å². The number of H-pyrrole nitrogens is 1. The molecule has 0 aliphatic carbocycles. The molecular formula is C20H19ClN8O2. The fourth-order valence-corrected chi connectivity index (χ4v) is 3.71. The molecule has 0 aromatic carbocycles. The van der Waals surface area contributed by atoms with Crippen LogP contribution in [0.5, 0.6) is 0 Å². The lowest BCUT2D eigenvalue weighted by Gasteiger charge is -2.22. The summed E-state index contributed by atoms with van der Waals surface area (Å²) in [4.78, 5) is 15.1. The number of rotatable bonds is 5. The van der Waals surface area contributed by atoms with Crippen molar-refractivity contribution >= 4 is 29.2 Å². The smallest absolute Gasteiger partial charge is 0.228 e. The van der Waals surface area contributed by atoms with Gasteiger partial charge in [-0.15, -0.1) is 0 Å². The average molecular weight is 439 g/mol. The molecule has 0 bridgehead atoms. The van der Waals surface area contributed by atoms with E-state index < -0.39 is 6.10 Å². The van der Waals surface area contributed by atoms with Gasteiger partial charge in [0.2, 0.25) is 5.95 Å². The van der Waals surface area contributed by atoms with Crippen molar-refractivity contribution in [1.82, 2.24) is 30.3 Å². The quantitative estimate of drug-likeness (QED) is 0.429. The van der Waals surface area contributed by atoms with Gasteiger partial charge in [0.05, 0.1) is 24.0 Å². The predicted molar refractivity (Wildman–Crippen MR) is 114 cm³/mol. The van der Waals surface area contributed by atoms with Gasteiger partial charge in [0, 0.05) is 37.0 Å². The highest BCUT2D eigenvalue weighted by Gasteiger charge is 2.37. The Morgan fingerprint density at radius 1 is 1.26 bits per heavy atom. The van der Waals surface area contributed by atoms with E-state index in [0.29, 0.717) is 52.7 Å². The standard InChI is InChI=1S/C20H19ClN8O2/c1-11-6-18(27-26-11)24-19-13(21)9-23-20(25-19)29-10-12(30)7-16(29)17-8-15(28-31-17)14-4-2-3-5-22-14/h2-6,8-9,12,16,30H,7,10H2,1H3,(H2,23,24,25,26,27)/t12-,16?/m0/s1. The lowest BCUT2D eigenvalue weighted by molar-refractivity contribution is 0.192. The van der Waals surface area contributed by atoms with Crippen LogP contribution in [0.4, 0.5) is 17.6 Å². The van der Waals surface area contributed by atoms with Crippen molar-refractivity contribution in [3.63, 3.8) is 0 Å². The van der Waals surface area contributed by atoms with Crippen LogP contribution < -0.4 is 10.2 Å². The molecule has 1 fully saturated rings. The number of aromatic amines is 1. The molecule has 10 nitrogen and oxygen atoms in total. The topological polar surface area (TPSA) is 129 Å². The van der Waals surface area contributed by atoms with Gasteiger partial charge in [-0.2, -0.15) is 10.1 Å². The second-order valence-corrected chi connectivity index (χ2v) is 7.72. The van der Waals surface area contributed by atoms with Crippen molar-refractivity contribution in [3.8, 4) is 11.4 Å². The molecule has 0 spiro atoms. The van der Waals surface area contributed by atoms with Crippen molar-refractivity contribution < 1.29 is 9.63 Å². The molecule has 5 rings (SSSR count). The number of halogens is 1. The molecule has 0 radical (unpaired) electrons. The van der Waals surface area contributed by atoms with Crippen LogP contribution >= 0.6 is 11.6 Å². The van der Waals surface area contributed by atoms with Crippen molar-refractivity contribution in [2.24, 2.45) is 0 Å². The summed E-state index contributed by atoms with van der Waals surface area (Å²) in [5, 5.41) is 25.0. The molecule has 4 aromatic rings. The number of aromatic nitrogens is 6. The second-order valence-electron chi connectivity index (χ2n) is 7.31. The minimum Gasteiger partial charge on any atom is -0.391 e. The summed E-state index contributed by atoms with van der Waals surface area (Å²) >= 11 is 6.28. The first kappa shape index (κ1) is 19.5. The predicted octanol–water partition coefficient (Wildman–Crippen LogP) is 3.27. The van der Waals surface area contributed by atoms with Gasteiger partial charge in [-0.1, -0.05) is 22.8 Å². The molecule has 5 heterocycles. The summed E-state index contributed by atoms with van der Waals surface area (Å²) in [5.41, 5.74) is 2.25. The minimum absolute atomic E-state index is 0.276. The number of pyridine rings is 1. The lowest BCUT2D eigenvalue weighted by atomic mass is 10.1. The van der Waals surface area contributed by atoms with Gasteiger partial charge in [-0.3, -0.25) is 10.1 Å². The summed E-state index contributed by atoms with van der Waals surface area (Å²) in [6.07, 6.45) is 3.13. The SMILES string of the molecule is Cc1cc(Nc2nc(N3C[C@@H](O)CC3c3cc(-c4ccccn4)no3)ncc2Cl)n[nH]1. The second kappa shape index (κ2) is 7.97. The first-order valence-electron chi connectivity index (χ1n) is 9.71. The molecule has 0 amide bonds. The maximum atomic E-state index is 10.4. The van der Waals surface area contributed by atoms with Gasteiger partial charge in [0.15, 0.2) is 17.4 Å². The number of nitrogens with one attached hydrogen (secondary N) is 2. The summed E-state index contributed by atoms with van der Waals surface area (Å²) < 4.78 is 5.60. The molecule has 3 N–H and O–H groups in total. The zero-order valence-electron chi connectivity index (χ0n) is 16.5. The molecule has 1 saturated heterocycles. The highest BCUT2D eigenvalue weighted by Crippen LogP contribution is 2.37. The van der Waals surface area contributed by atoms with Crippen molar-refractivity contribution in [3.05, 3.63) is 59.2 Å². The van der Waals surface area contributed by atoms with Gasteiger partial charge in [-0.25, -0.2) is 4.98 Å². The average Bonchev–Trinajstić information content (AvgIpc) is 3.50. The molecule has 1 aliphatic rings. The van der Waals surface area contributed by atoms with E-state index in [1.807, 2.05) is 42.2 Å². The highest BCUT2D eigenvalue weighted by molar-refractivity contribution is 6.32. The zero-order valence-corrected chi connectivity index (χ0v) is 17.3. The third-order valence-electron chi connectivity index (χ3n) is 5.00. The summed E-state index contributed by atoms with van der Waals surface area (Å²) in [6.45, 7) is 2.25. The van der Waals surface area contributed by atoms with E-state index in [0.717, 1.165) is 5.69 Å². The Kier molecular flexibility index (Phi) is 5.00. The van der Waals surface area contributed by atoms with Crippen molar-refractivity contribution in [1.29, 1.82) is 0 Å². The molecule has 2 atom stereocenters. The van der Waals surface area contributed by atoms with Crippen LogP contribution in [-0.2, 0) is 0 Å². The maximum absolute atomic E-state index is 10.4. The summed E-state index contributed by atoms with van der Waals surface area (Å²) in [7, 11) is 0. The Morgan fingerprint density at radius 2 is 2.16 bits per heavy atom. The van der Waals surface area contributed by atoms with E-state index >= 15 is 0 Å². The van der Waals surface area contributed by atoms with Crippen LogP contribution in [-0.4, -0.2) is 48.1 Å². The number of β-amino-alcohol motifs (C(OH)–C–C–N with tert-alkyl or cyclic N) is 1. The first-order valence-corrected chi connectivity index (χ1v) is 10.1. The monoisotopic (exact) mass is 438 g/mol. The first-order chi connectivity index (χ1) is 15.1. The number of aliphatic hydroxyl groups is 1. The summed E-state index contributed by atoms with van der Waals surface area (Å²) in [6, 6.07) is 8.99. The van der Waals surface area contributed by atoms with E-state index in [-0.39, 0.29) is 6.04 Å². The third-order valence-corrected chi connectivity index (χ3v) is 5.28. The van der Waals surface area contributed by atoms with Crippen LogP contribution in [0.3, 0.4) is 0 Å². The number of aliphatic hydroxyl groups excluding tert-OH is 1. The van der Waals surface area contributed by atoms with Crippen LogP contribution in [0, 0.1) is 6.92 Å². The van der Waals surface area contributed by atoms with Gasteiger partial charge in [0.1, 0.15) is 10.7 Å². The minimum atomic E-state index is -0.557. The Morgan fingerprint density at radius 3 is 2.94 bits per heavy atom. The third kappa shape index (κ3) is 3.94. The molecule has 158 valence electrons. The van der Waals surface area contributed by atoms with E-state index in [4.69, 9.17) is 16.1 Å². The zero-order chi connectivity index (χ0) is 21.4. The van der Waals surface area contributed by atoms with Gasteiger partial charge in [-0.05, 0) is 19.1 Å². The Hall–Kier alpha value is -3.50. The summed E-state index contributed by atoms with van der Waals surface area (Å²) in [5.74, 6) is 2.03. The molecular weight excluding hydrogens is 420 g/mol. The Balaban J connectivity index is 1.44. The molecule has 1 unspecified atom stereocenters. The van der Waals surface area contributed by atoms with Crippen molar-refractivity contribution in [2.75, 3.05) is 16.8 Å². The highest BCUT2D eigenvalue weighted by atomic mass is 35.5. The fourth-order valence-electron chi connectivity index (χ4n) is 3.57. The van der Waals surface area contributed by atoms with Crippen LogP contribution in [0.2, 0.25) is 5.02 Å².